The molecule has 3 rings (SSSR count). The molecular formula is C14H14N4O2. The number of anilines is 4. The molecule has 0 saturated carbocycles. The van der Waals surface area contributed by atoms with Gasteiger partial charge in [0.15, 0.2) is 11.6 Å². The molecule has 0 saturated heterocycles. The van der Waals surface area contributed by atoms with Crippen LogP contribution in [0.4, 0.5) is 23.0 Å². The van der Waals surface area contributed by atoms with E-state index in [0.717, 1.165) is 17.2 Å². The summed E-state index contributed by atoms with van der Waals surface area (Å²) in [5.74, 6) is 0.644. The maximum Gasteiger partial charge on any atom is 0.303 e. The average Bonchev–Trinajstić information content (AvgIpc) is 2.46. The number of para-hydroxylation sites is 2. The summed E-state index contributed by atoms with van der Waals surface area (Å²) in [6.07, 6.45) is 3.97. The van der Waals surface area contributed by atoms with E-state index in [2.05, 4.69) is 15.3 Å². The summed E-state index contributed by atoms with van der Waals surface area (Å²) in [5, 5.41) is 12.0. The molecule has 1 aliphatic rings. The van der Waals surface area contributed by atoms with Crippen molar-refractivity contribution in [1.82, 2.24) is 9.97 Å². The molecule has 1 aromatic heterocycles. The van der Waals surface area contributed by atoms with Crippen LogP contribution in [0.5, 0.6) is 0 Å². The number of aliphatic carboxylic acids is 1. The van der Waals surface area contributed by atoms with Gasteiger partial charge >= 0.3 is 5.97 Å². The lowest BCUT2D eigenvalue weighted by Gasteiger charge is -2.31. The Balaban J connectivity index is 1.93. The molecule has 0 spiro atoms. The number of nitrogens with one attached hydrogen (secondary N) is 1. The van der Waals surface area contributed by atoms with Crippen LogP contribution in [0.2, 0.25) is 0 Å². The second-order valence-electron chi connectivity index (χ2n) is 4.52. The number of aromatic nitrogens is 2. The van der Waals surface area contributed by atoms with Crippen molar-refractivity contribution in [2.75, 3.05) is 16.8 Å². The van der Waals surface area contributed by atoms with Gasteiger partial charge in [0.2, 0.25) is 0 Å². The first-order valence-corrected chi connectivity index (χ1v) is 6.42. The SMILES string of the molecule is O=C(O)CCCN1c2ccccc2Nc2nccnc21. The van der Waals surface area contributed by atoms with E-state index in [9.17, 15) is 4.79 Å². The van der Waals surface area contributed by atoms with Crippen LogP contribution in [0.1, 0.15) is 12.8 Å². The van der Waals surface area contributed by atoms with Gasteiger partial charge in [-0.25, -0.2) is 9.97 Å². The van der Waals surface area contributed by atoms with Gasteiger partial charge in [-0.2, -0.15) is 0 Å². The van der Waals surface area contributed by atoms with Crippen molar-refractivity contribution in [1.29, 1.82) is 0 Å². The summed E-state index contributed by atoms with van der Waals surface area (Å²) in [5.41, 5.74) is 1.95. The minimum atomic E-state index is -0.784. The summed E-state index contributed by atoms with van der Waals surface area (Å²) in [6.45, 7) is 0.594. The second kappa shape index (κ2) is 5.16. The molecule has 6 heteroatoms. The highest BCUT2D eigenvalue weighted by Gasteiger charge is 2.23. The van der Waals surface area contributed by atoms with Gasteiger partial charge in [0.1, 0.15) is 0 Å². The Morgan fingerprint density at radius 1 is 1.25 bits per heavy atom. The Labute approximate surface area is 116 Å². The van der Waals surface area contributed by atoms with Gasteiger partial charge in [-0.15, -0.1) is 0 Å². The normalized spacial score (nSPS) is 12.3. The Morgan fingerprint density at radius 3 is 2.90 bits per heavy atom. The summed E-state index contributed by atoms with van der Waals surface area (Å²) in [7, 11) is 0. The van der Waals surface area contributed by atoms with Crippen molar-refractivity contribution in [2.24, 2.45) is 0 Å². The van der Waals surface area contributed by atoms with E-state index in [-0.39, 0.29) is 6.42 Å². The van der Waals surface area contributed by atoms with Crippen LogP contribution >= 0.6 is 0 Å². The quantitative estimate of drug-likeness (QED) is 0.888. The Bertz CT molecular complexity index is 599. The molecule has 6 nitrogen and oxygen atoms in total. The molecule has 0 bridgehead atoms. The largest absolute Gasteiger partial charge is 0.481 e. The maximum atomic E-state index is 10.7. The molecule has 102 valence electrons. The molecule has 0 radical (unpaired) electrons. The van der Waals surface area contributed by atoms with Crippen molar-refractivity contribution in [3.63, 3.8) is 0 Å². The maximum absolute atomic E-state index is 10.7. The average molecular weight is 270 g/mol. The fourth-order valence-electron chi connectivity index (χ4n) is 2.29. The lowest BCUT2D eigenvalue weighted by Crippen LogP contribution is -2.25. The molecular weight excluding hydrogens is 256 g/mol. The van der Waals surface area contributed by atoms with E-state index >= 15 is 0 Å². The van der Waals surface area contributed by atoms with Gasteiger partial charge < -0.3 is 15.3 Å². The highest BCUT2D eigenvalue weighted by Crippen LogP contribution is 2.40. The van der Waals surface area contributed by atoms with Gasteiger partial charge in [0.25, 0.3) is 0 Å². The third kappa shape index (κ3) is 2.27. The predicted molar refractivity (Wildman–Crippen MR) is 75.6 cm³/mol. The first-order valence-electron chi connectivity index (χ1n) is 6.42. The highest BCUT2D eigenvalue weighted by molar-refractivity contribution is 5.88. The lowest BCUT2D eigenvalue weighted by atomic mass is 10.2. The smallest absolute Gasteiger partial charge is 0.303 e. The molecule has 0 amide bonds. The van der Waals surface area contributed by atoms with Gasteiger partial charge in [0.05, 0.1) is 11.4 Å². The minimum Gasteiger partial charge on any atom is -0.481 e. The third-order valence-electron chi connectivity index (χ3n) is 3.15. The van der Waals surface area contributed by atoms with E-state index < -0.39 is 5.97 Å². The number of benzene rings is 1. The van der Waals surface area contributed by atoms with Gasteiger partial charge in [-0.1, -0.05) is 12.1 Å². The van der Waals surface area contributed by atoms with Crippen LogP contribution in [-0.2, 0) is 4.79 Å². The zero-order valence-electron chi connectivity index (χ0n) is 10.8. The zero-order chi connectivity index (χ0) is 13.9. The molecule has 0 fully saturated rings. The molecule has 1 aromatic carbocycles. The molecule has 0 aliphatic carbocycles. The summed E-state index contributed by atoms with van der Waals surface area (Å²) in [6, 6.07) is 7.85. The molecule has 2 heterocycles. The topological polar surface area (TPSA) is 78.4 Å². The second-order valence-corrected chi connectivity index (χ2v) is 4.52. The Morgan fingerprint density at radius 2 is 2.05 bits per heavy atom. The van der Waals surface area contributed by atoms with Gasteiger partial charge in [0, 0.05) is 25.4 Å². The minimum absolute atomic E-state index is 0.141. The molecule has 0 unspecified atom stereocenters. The van der Waals surface area contributed by atoms with Crippen molar-refractivity contribution >= 4 is 29.0 Å². The van der Waals surface area contributed by atoms with Crippen LogP contribution in [0.25, 0.3) is 0 Å². The number of rotatable bonds is 4. The van der Waals surface area contributed by atoms with Crippen molar-refractivity contribution in [2.45, 2.75) is 12.8 Å². The van der Waals surface area contributed by atoms with Crippen LogP contribution in [0.3, 0.4) is 0 Å². The number of fused-ring (bicyclic) bond motifs is 2. The molecule has 2 aromatic rings. The Hall–Kier alpha value is -2.63. The lowest BCUT2D eigenvalue weighted by molar-refractivity contribution is -0.137. The fourth-order valence-corrected chi connectivity index (χ4v) is 2.29. The van der Waals surface area contributed by atoms with E-state index in [0.29, 0.717) is 18.8 Å². The summed E-state index contributed by atoms with van der Waals surface area (Å²) < 4.78 is 0. The Kier molecular flexibility index (Phi) is 3.20. The van der Waals surface area contributed by atoms with Gasteiger partial charge in [-0.05, 0) is 18.6 Å². The van der Waals surface area contributed by atoms with Crippen LogP contribution in [0.15, 0.2) is 36.7 Å². The van der Waals surface area contributed by atoms with Crippen LogP contribution in [-0.4, -0.2) is 27.6 Å². The summed E-state index contributed by atoms with van der Waals surface area (Å²) in [4.78, 5) is 21.3. The predicted octanol–water partition coefficient (Wildman–Crippen LogP) is 2.54. The molecule has 2 N–H and O–H groups in total. The number of hydrogen-bond acceptors (Lipinski definition) is 5. The number of carboxylic acid groups (broad SMARTS) is 1. The van der Waals surface area contributed by atoms with Crippen molar-refractivity contribution in [3.8, 4) is 0 Å². The number of carbonyl (C=O) groups is 1. The standard InChI is InChI=1S/C14H14N4O2/c19-12(20)6-3-9-18-11-5-2-1-4-10(11)17-13-14(18)16-8-7-15-13/h1-2,4-5,7-8H,3,6,9H2,(H,15,17)(H,19,20). The van der Waals surface area contributed by atoms with Crippen molar-refractivity contribution < 1.29 is 9.90 Å². The number of hydrogen-bond donors (Lipinski definition) is 2. The fraction of sp³-hybridized carbons (Fsp3) is 0.214. The van der Waals surface area contributed by atoms with Crippen LogP contribution in [0, 0.1) is 0 Å². The van der Waals surface area contributed by atoms with E-state index in [1.54, 1.807) is 12.4 Å². The molecule has 0 atom stereocenters. The number of carboxylic acids is 1. The van der Waals surface area contributed by atoms with E-state index in [4.69, 9.17) is 5.11 Å². The monoisotopic (exact) mass is 270 g/mol. The number of nitrogens with zero attached hydrogens (tertiary/aromatic N) is 3. The summed E-state index contributed by atoms with van der Waals surface area (Å²) >= 11 is 0. The first-order chi connectivity index (χ1) is 9.75. The highest BCUT2D eigenvalue weighted by atomic mass is 16.4. The van der Waals surface area contributed by atoms with E-state index in [1.807, 2.05) is 29.2 Å². The van der Waals surface area contributed by atoms with Crippen LogP contribution < -0.4 is 10.2 Å². The first kappa shape index (κ1) is 12.4. The van der Waals surface area contributed by atoms with Gasteiger partial charge in [-0.3, -0.25) is 4.79 Å². The molecule has 20 heavy (non-hydrogen) atoms. The van der Waals surface area contributed by atoms with E-state index in [1.165, 1.54) is 0 Å². The molecule has 1 aliphatic heterocycles. The van der Waals surface area contributed by atoms with Crippen molar-refractivity contribution in [3.05, 3.63) is 36.7 Å². The zero-order valence-corrected chi connectivity index (χ0v) is 10.8. The third-order valence-corrected chi connectivity index (χ3v) is 3.15.